The highest BCUT2D eigenvalue weighted by Crippen LogP contribution is 2.22. The number of ketones is 1. The summed E-state index contributed by atoms with van der Waals surface area (Å²) in [6, 6.07) is 1.85. The quantitative estimate of drug-likeness (QED) is 0.813. The van der Waals surface area contributed by atoms with Crippen LogP contribution in [0.25, 0.3) is 0 Å². The lowest BCUT2D eigenvalue weighted by atomic mass is 10.1. The molecule has 0 bridgehead atoms. The molecule has 0 radical (unpaired) electrons. The van der Waals surface area contributed by atoms with Crippen LogP contribution in [0.2, 0.25) is 0 Å². The van der Waals surface area contributed by atoms with E-state index in [0.717, 1.165) is 15.9 Å². The van der Waals surface area contributed by atoms with E-state index < -0.39 is 0 Å². The number of aromatic nitrogens is 4. The molecule has 0 unspecified atom stereocenters. The Balaban J connectivity index is 2.32. The Bertz CT molecular complexity index is 585. The number of rotatable bonds is 4. The maximum atomic E-state index is 12.3. The average molecular weight is 311 g/mol. The molecule has 0 amide bonds. The third-order valence-corrected chi connectivity index (χ3v) is 3.83. The molecule has 0 spiro atoms. The summed E-state index contributed by atoms with van der Waals surface area (Å²) < 4.78 is 4.24. The van der Waals surface area contributed by atoms with Crippen LogP contribution in [0.3, 0.4) is 0 Å². The van der Waals surface area contributed by atoms with E-state index >= 15 is 0 Å². The fourth-order valence-electron chi connectivity index (χ4n) is 1.88. The minimum absolute atomic E-state index is 0.0490. The third kappa shape index (κ3) is 2.25. The van der Waals surface area contributed by atoms with E-state index in [2.05, 4.69) is 26.1 Å². The van der Waals surface area contributed by atoms with Crippen LogP contribution >= 0.6 is 15.9 Å². The van der Waals surface area contributed by atoms with E-state index in [9.17, 15) is 4.79 Å². The van der Waals surface area contributed by atoms with Crippen LogP contribution in [0.4, 0.5) is 0 Å². The van der Waals surface area contributed by atoms with E-state index in [1.54, 1.807) is 15.6 Å². The van der Waals surface area contributed by atoms with Gasteiger partial charge >= 0.3 is 0 Å². The Morgan fingerprint density at radius 3 is 2.78 bits per heavy atom. The minimum atomic E-state index is 0.0490. The Morgan fingerprint density at radius 2 is 2.22 bits per heavy atom. The predicted molar refractivity (Wildman–Crippen MR) is 71.6 cm³/mol. The van der Waals surface area contributed by atoms with Crippen molar-refractivity contribution in [2.24, 2.45) is 7.05 Å². The standard InChI is InChI=1S/C12H15BrN4O/c1-4-17-12(11(13)8(2)15-17)10(18)7-9-5-6-14-16(9)3/h5-6H,4,7H2,1-3H3. The number of carbonyl (C=O) groups excluding carboxylic acids is 1. The van der Waals surface area contributed by atoms with Crippen molar-refractivity contribution < 1.29 is 4.79 Å². The van der Waals surface area contributed by atoms with E-state index in [-0.39, 0.29) is 5.78 Å². The molecule has 2 heterocycles. The Hall–Kier alpha value is -1.43. The Morgan fingerprint density at radius 1 is 1.50 bits per heavy atom. The van der Waals surface area contributed by atoms with Crippen LogP contribution in [-0.2, 0) is 20.0 Å². The first-order valence-corrected chi connectivity index (χ1v) is 6.56. The number of hydrogen-bond donors (Lipinski definition) is 0. The molecule has 18 heavy (non-hydrogen) atoms. The number of Topliss-reactive ketones (excluding diaryl/α,β-unsaturated/α-hetero) is 1. The van der Waals surface area contributed by atoms with Crippen molar-refractivity contribution in [3.05, 3.63) is 33.8 Å². The molecule has 0 saturated carbocycles. The van der Waals surface area contributed by atoms with E-state index in [1.807, 2.05) is 27.0 Å². The highest BCUT2D eigenvalue weighted by Gasteiger charge is 2.20. The number of halogens is 1. The molecule has 0 aliphatic heterocycles. The first-order chi connectivity index (χ1) is 8.54. The molecule has 2 rings (SSSR count). The highest BCUT2D eigenvalue weighted by atomic mass is 79.9. The maximum absolute atomic E-state index is 12.3. The predicted octanol–water partition coefficient (Wildman–Crippen LogP) is 2.13. The van der Waals surface area contributed by atoms with Gasteiger partial charge in [0.2, 0.25) is 0 Å². The van der Waals surface area contributed by atoms with Crippen LogP contribution < -0.4 is 0 Å². The third-order valence-electron chi connectivity index (χ3n) is 2.88. The summed E-state index contributed by atoms with van der Waals surface area (Å²) >= 11 is 3.44. The molecule has 0 fully saturated rings. The van der Waals surface area contributed by atoms with Crippen LogP contribution in [-0.4, -0.2) is 25.3 Å². The van der Waals surface area contributed by atoms with E-state index in [1.165, 1.54) is 0 Å². The zero-order valence-corrected chi connectivity index (χ0v) is 12.2. The molecule has 2 aromatic rings. The summed E-state index contributed by atoms with van der Waals surface area (Å²) in [4.78, 5) is 12.3. The van der Waals surface area contributed by atoms with Gasteiger partial charge < -0.3 is 0 Å². The number of nitrogens with zero attached hydrogens (tertiary/aromatic N) is 4. The number of hydrogen-bond acceptors (Lipinski definition) is 3. The summed E-state index contributed by atoms with van der Waals surface area (Å²) in [6.07, 6.45) is 2.03. The second kappa shape index (κ2) is 5.06. The molecule has 5 nitrogen and oxygen atoms in total. The smallest absolute Gasteiger partial charge is 0.187 e. The topological polar surface area (TPSA) is 52.7 Å². The van der Waals surface area contributed by atoms with Gasteiger partial charge in [-0.1, -0.05) is 0 Å². The van der Waals surface area contributed by atoms with E-state index in [4.69, 9.17) is 0 Å². The molecular formula is C12H15BrN4O. The first-order valence-electron chi connectivity index (χ1n) is 5.77. The van der Waals surface area contributed by atoms with Gasteiger partial charge in [0.25, 0.3) is 0 Å². The highest BCUT2D eigenvalue weighted by molar-refractivity contribution is 9.10. The summed E-state index contributed by atoms with van der Waals surface area (Å²) in [5, 5.41) is 8.39. The van der Waals surface area contributed by atoms with Crippen molar-refractivity contribution >= 4 is 21.7 Å². The summed E-state index contributed by atoms with van der Waals surface area (Å²) in [5.74, 6) is 0.0490. The monoisotopic (exact) mass is 310 g/mol. The van der Waals surface area contributed by atoms with Gasteiger partial charge in [-0.3, -0.25) is 14.2 Å². The Labute approximate surface area is 114 Å². The maximum Gasteiger partial charge on any atom is 0.187 e. The zero-order valence-electron chi connectivity index (χ0n) is 10.6. The fraction of sp³-hybridized carbons (Fsp3) is 0.417. The lowest BCUT2D eigenvalue weighted by Gasteiger charge is -2.05. The largest absolute Gasteiger partial charge is 0.292 e. The van der Waals surface area contributed by atoms with Gasteiger partial charge in [0.15, 0.2) is 5.78 Å². The molecule has 0 saturated heterocycles. The van der Waals surface area contributed by atoms with Crippen molar-refractivity contribution in [3.8, 4) is 0 Å². The normalized spacial score (nSPS) is 10.9. The molecule has 0 aliphatic carbocycles. The van der Waals surface area contributed by atoms with Gasteiger partial charge in [-0.15, -0.1) is 0 Å². The number of aryl methyl sites for hydroxylation is 3. The van der Waals surface area contributed by atoms with Gasteiger partial charge in [-0.2, -0.15) is 10.2 Å². The van der Waals surface area contributed by atoms with Gasteiger partial charge in [0.05, 0.1) is 16.6 Å². The second-order valence-electron chi connectivity index (χ2n) is 4.11. The van der Waals surface area contributed by atoms with Gasteiger partial charge in [0, 0.05) is 25.5 Å². The van der Waals surface area contributed by atoms with Crippen LogP contribution in [0.5, 0.6) is 0 Å². The van der Waals surface area contributed by atoms with Crippen molar-refractivity contribution in [1.29, 1.82) is 0 Å². The van der Waals surface area contributed by atoms with E-state index in [0.29, 0.717) is 18.7 Å². The summed E-state index contributed by atoms with van der Waals surface area (Å²) in [5.41, 5.74) is 2.37. The van der Waals surface area contributed by atoms with Crippen molar-refractivity contribution in [2.45, 2.75) is 26.8 Å². The molecule has 2 aromatic heterocycles. The zero-order chi connectivity index (χ0) is 13.3. The van der Waals surface area contributed by atoms with Gasteiger partial charge in [0.1, 0.15) is 5.69 Å². The average Bonchev–Trinajstić information content (AvgIpc) is 2.85. The summed E-state index contributed by atoms with van der Waals surface area (Å²) in [7, 11) is 1.83. The number of carbonyl (C=O) groups is 1. The minimum Gasteiger partial charge on any atom is -0.292 e. The summed E-state index contributed by atoms with van der Waals surface area (Å²) in [6.45, 7) is 4.54. The van der Waals surface area contributed by atoms with Gasteiger partial charge in [-0.25, -0.2) is 0 Å². The molecule has 96 valence electrons. The second-order valence-corrected chi connectivity index (χ2v) is 4.90. The molecular weight excluding hydrogens is 296 g/mol. The van der Waals surface area contributed by atoms with Crippen molar-refractivity contribution in [3.63, 3.8) is 0 Å². The molecule has 0 N–H and O–H groups in total. The molecule has 0 atom stereocenters. The van der Waals surface area contributed by atoms with Crippen LogP contribution in [0.1, 0.15) is 28.8 Å². The van der Waals surface area contributed by atoms with Crippen LogP contribution in [0.15, 0.2) is 16.7 Å². The Kier molecular flexibility index (Phi) is 3.65. The lowest BCUT2D eigenvalue weighted by Crippen LogP contribution is -2.14. The van der Waals surface area contributed by atoms with Crippen molar-refractivity contribution in [1.82, 2.24) is 19.6 Å². The fourth-order valence-corrected chi connectivity index (χ4v) is 2.38. The van der Waals surface area contributed by atoms with Crippen molar-refractivity contribution in [2.75, 3.05) is 0 Å². The first kappa shape index (κ1) is 13.0. The molecule has 0 aromatic carbocycles. The molecule has 0 aliphatic rings. The lowest BCUT2D eigenvalue weighted by molar-refractivity contribution is 0.0979. The molecule has 6 heteroatoms. The SMILES string of the molecule is CCn1nc(C)c(Br)c1C(=O)Cc1ccnn1C. The van der Waals surface area contributed by atoms with Crippen LogP contribution in [0, 0.1) is 6.92 Å². The van der Waals surface area contributed by atoms with Gasteiger partial charge in [-0.05, 0) is 35.8 Å².